The van der Waals surface area contributed by atoms with Crippen molar-refractivity contribution >= 4 is 30.4 Å². The van der Waals surface area contributed by atoms with Crippen LogP contribution in [0.15, 0.2) is 0 Å². The summed E-state index contributed by atoms with van der Waals surface area (Å²) in [5.41, 5.74) is 0. The van der Waals surface area contributed by atoms with E-state index in [-0.39, 0.29) is 5.75 Å². The molecule has 0 spiro atoms. The molecule has 0 aliphatic heterocycles. The van der Waals surface area contributed by atoms with E-state index in [4.69, 9.17) is 15.3 Å². The number of carbonyl (C=O) groups is 3. The van der Waals surface area contributed by atoms with Gasteiger partial charge in [0.05, 0.1) is 19.0 Å². The number of nitrogens with one attached hydrogen (secondary N) is 2. The summed E-state index contributed by atoms with van der Waals surface area (Å²) in [5.74, 6) is -3.08. The zero-order valence-corrected chi connectivity index (χ0v) is 9.68. The molecule has 0 heterocycles. The van der Waals surface area contributed by atoms with E-state index in [1.165, 1.54) is 0 Å². The molecular weight excluding hydrogens is 252 g/mol. The van der Waals surface area contributed by atoms with Crippen molar-refractivity contribution in [3.05, 3.63) is 0 Å². The number of hydrogen-bond acceptors (Lipinski definition) is 6. The monoisotopic (exact) mass is 266 g/mol. The molecule has 8 nitrogen and oxygen atoms in total. The number of rotatable bonds is 7. The van der Waals surface area contributed by atoms with Crippen LogP contribution in [-0.2, 0) is 14.4 Å². The van der Waals surface area contributed by atoms with Crippen LogP contribution in [0.1, 0.15) is 0 Å². The molecule has 0 aliphatic carbocycles. The fraction of sp³-hybridized carbons (Fsp3) is 0.625. The summed E-state index contributed by atoms with van der Waals surface area (Å²) in [6, 6.07) is -2.76. The average Bonchev–Trinajstić information content (AvgIpc) is 2.31. The second-order valence-corrected chi connectivity index (χ2v) is 3.36. The first-order valence-corrected chi connectivity index (χ1v) is 5.24. The first kappa shape index (κ1) is 15.7. The van der Waals surface area contributed by atoms with Gasteiger partial charge in [0, 0.05) is 0 Å². The van der Waals surface area contributed by atoms with Crippen molar-refractivity contribution in [3.8, 4) is 0 Å². The van der Waals surface area contributed by atoms with Crippen LogP contribution in [0.4, 0.5) is 0 Å². The minimum Gasteiger partial charge on any atom is -0.480 e. The lowest BCUT2D eigenvalue weighted by Gasteiger charge is -2.18. The highest BCUT2D eigenvalue weighted by atomic mass is 32.1. The van der Waals surface area contributed by atoms with Crippen molar-refractivity contribution in [1.29, 1.82) is 0 Å². The molecule has 0 aliphatic rings. The Bertz CT molecular complexity index is 298. The van der Waals surface area contributed by atoms with Gasteiger partial charge in [0.25, 0.3) is 0 Å². The number of thiol groups is 1. The summed E-state index contributed by atoms with van der Waals surface area (Å²) in [7, 11) is 0. The van der Waals surface area contributed by atoms with Gasteiger partial charge in [0.2, 0.25) is 11.8 Å². The number of aliphatic carboxylic acids is 1. The van der Waals surface area contributed by atoms with Crippen LogP contribution < -0.4 is 10.6 Å². The van der Waals surface area contributed by atoms with Gasteiger partial charge in [0.1, 0.15) is 12.1 Å². The molecule has 17 heavy (non-hydrogen) atoms. The Morgan fingerprint density at radius 3 is 1.94 bits per heavy atom. The lowest BCUT2D eigenvalue weighted by atomic mass is 10.2. The quantitative estimate of drug-likeness (QED) is 0.271. The minimum atomic E-state index is -1.48. The van der Waals surface area contributed by atoms with Gasteiger partial charge in [-0.3, -0.25) is 9.59 Å². The maximum Gasteiger partial charge on any atom is 0.328 e. The molecule has 0 aromatic rings. The molecule has 9 heteroatoms. The first-order chi connectivity index (χ1) is 7.96. The van der Waals surface area contributed by atoms with E-state index in [0.717, 1.165) is 0 Å². The van der Waals surface area contributed by atoms with Crippen molar-refractivity contribution in [1.82, 2.24) is 10.6 Å². The highest BCUT2D eigenvalue weighted by Crippen LogP contribution is 1.89. The van der Waals surface area contributed by atoms with Gasteiger partial charge in [0.15, 0.2) is 0 Å². The second-order valence-electron chi connectivity index (χ2n) is 3.04. The van der Waals surface area contributed by atoms with Gasteiger partial charge >= 0.3 is 5.97 Å². The van der Waals surface area contributed by atoms with Crippen LogP contribution in [0.25, 0.3) is 0 Å². The number of carboxylic acid groups (broad SMARTS) is 1. The number of amides is 2. The summed E-state index contributed by atoms with van der Waals surface area (Å²) in [6.07, 6.45) is 0. The third-order valence-electron chi connectivity index (χ3n) is 1.78. The molecule has 2 amide bonds. The Hall–Kier alpha value is -1.32. The van der Waals surface area contributed by atoms with Gasteiger partial charge in [-0.2, -0.15) is 12.6 Å². The summed E-state index contributed by atoms with van der Waals surface area (Å²) in [4.78, 5) is 32.9. The summed E-state index contributed by atoms with van der Waals surface area (Å²) in [6.45, 7) is -1.48. The van der Waals surface area contributed by atoms with Crippen LogP contribution in [0.3, 0.4) is 0 Å². The van der Waals surface area contributed by atoms with Crippen molar-refractivity contribution in [2.75, 3.05) is 19.0 Å². The Balaban J connectivity index is 4.43. The maximum absolute atomic E-state index is 11.4. The van der Waals surface area contributed by atoms with Crippen LogP contribution in [-0.4, -0.2) is 64.2 Å². The minimum absolute atomic E-state index is 0.174. The third kappa shape index (κ3) is 5.52. The van der Waals surface area contributed by atoms with Gasteiger partial charge < -0.3 is 26.0 Å². The molecule has 0 unspecified atom stereocenters. The summed E-state index contributed by atoms with van der Waals surface area (Å²) >= 11 is 3.66. The standard InChI is InChI=1S/C8H14N2O6S/c11-1-4(9-6(13)3-17)7(14)10-5(2-12)8(15)16/h4-5,11-12,17H,1-3H2,(H,9,13)(H,10,14)(H,15,16)/t4-,5-/m0/s1. The molecule has 2 atom stereocenters. The van der Waals surface area contributed by atoms with Crippen LogP contribution in [0.2, 0.25) is 0 Å². The van der Waals surface area contributed by atoms with E-state index in [9.17, 15) is 14.4 Å². The second kappa shape index (κ2) is 7.87. The van der Waals surface area contributed by atoms with Crippen molar-refractivity contribution in [2.24, 2.45) is 0 Å². The van der Waals surface area contributed by atoms with E-state index in [1.54, 1.807) is 0 Å². The molecule has 98 valence electrons. The molecule has 0 fully saturated rings. The van der Waals surface area contributed by atoms with E-state index in [1.807, 2.05) is 5.32 Å². The Morgan fingerprint density at radius 1 is 1.06 bits per heavy atom. The third-order valence-corrected chi connectivity index (χ3v) is 2.06. The number of carbonyl (C=O) groups excluding carboxylic acids is 2. The van der Waals surface area contributed by atoms with Crippen LogP contribution in [0.5, 0.6) is 0 Å². The van der Waals surface area contributed by atoms with Gasteiger partial charge in [-0.25, -0.2) is 4.79 Å². The van der Waals surface area contributed by atoms with Crippen LogP contribution in [0, 0.1) is 0 Å². The average molecular weight is 266 g/mol. The lowest BCUT2D eigenvalue weighted by molar-refractivity contribution is -0.143. The number of carboxylic acids is 1. The predicted molar refractivity (Wildman–Crippen MR) is 59.5 cm³/mol. The molecular formula is C8H14N2O6S. The lowest BCUT2D eigenvalue weighted by Crippen LogP contribution is -2.54. The van der Waals surface area contributed by atoms with Crippen molar-refractivity contribution < 1.29 is 29.7 Å². The Kier molecular flexibility index (Phi) is 7.26. The predicted octanol–water partition coefficient (Wildman–Crippen LogP) is -3.04. The van der Waals surface area contributed by atoms with Crippen molar-refractivity contribution in [3.63, 3.8) is 0 Å². The van der Waals surface area contributed by atoms with Crippen LogP contribution >= 0.6 is 12.6 Å². The number of hydrogen-bond donors (Lipinski definition) is 6. The molecule has 0 aromatic carbocycles. The molecule has 0 saturated heterocycles. The Morgan fingerprint density at radius 2 is 1.59 bits per heavy atom. The number of aliphatic hydroxyl groups is 2. The van der Waals surface area contributed by atoms with E-state index in [2.05, 4.69) is 17.9 Å². The molecule has 5 N–H and O–H groups in total. The highest BCUT2D eigenvalue weighted by Gasteiger charge is 2.25. The van der Waals surface area contributed by atoms with Gasteiger partial charge in [-0.1, -0.05) is 0 Å². The van der Waals surface area contributed by atoms with E-state index in [0.29, 0.717) is 0 Å². The maximum atomic E-state index is 11.4. The topological polar surface area (TPSA) is 136 Å². The summed E-state index contributed by atoms with van der Waals surface area (Å²) in [5, 5.41) is 30.2. The smallest absolute Gasteiger partial charge is 0.328 e. The summed E-state index contributed by atoms with van der Waals surface area (Å²) < 4.78 is 0. The van der Waals surface area contributed by atoms with Crippen molar-refractivity contribution in [2.45, 2.75) is 12.1 Å². The zero-order chi connectivity index (χ0) is 13.4. The number of aliphatic hydroxyl groups excluding tert-OH is 2. The molecule has 0 saturated carbocycles. The molecule has 0 aromatic heterocycles. The van der Waals surface area contributed by atoms with E-state index < -0.39 is 43.1 Å². The highest BCUT2D eigenvalue weighted by molar-refractivity contribution is 7.81. The zero-order valence-electron chi connectivity index (χ0n) is 8.79. The molecule has 0 radical (unpaired) electrons. The van der Waals surface area contributed by atoms with Gasteiger partial charge in [-0.15, -0.1) is 0 Å². The Labute approximate surface area is 102 Å². The van der Waals surface area contributed by atoms with Gasteiger partial charge in [-0.05, 0) is 0 Å². The molecule has 0 bridgehead atoms. The normalized spacial score (nSPS) is 13.6. The van der Waals surface area contributed by atoms with E-state index >= 15 is 0 Å². The largest absolute Gasteiger partial charge is 0.480 e. The fourth-order valence-electron chi connectivity index (χ4n) is 0.892. The first-order valence-electron chi connectivity index (χ1n) is 4.61. The fourth-order valence-corrected chi connectivity index (χ4v) is 0.983. The molecule has 0 rings (SSSR count). The SMILES string of the molecule is O=C(CS)N[C@@H](CO)C(=O)N[C@@H](CO)C(=O)O.